The lowest BCUT2D eigenvalue weighted by atomic mass is 10.2. The van der Waals surface area contributed by atoms with Crippen LogP contribution in [-0.4, -0.2) is 33.1 Å². The van der Waals surface area contributed by atoms with Crippen molar-refractivity contribution in [1.82, 2.24) is 4.98 Å². The number of hydrogen-bond acceptors (Lipinski definition) is 6. The van der Waals surface area contributed by atoms with Crippen LogP contribution in [0.4, 0.5) is 0 Å². The van der Waals surface area contributed by atoms with Gasteiger partial charge in [-0.15, -0.1) is 0 Å². The first-order valence-electron chi connectivity index (χ1n) is 7.54. The lowest BCUT2D eigenvalue weighted by Gasteiger charge is -2.10. The minimum Gasteiger partial charge on any atom is -0.495 e. The van der Waals surface area contributed by atoms with Gasteiger partial charge in [0, 0.05) is 17.4 Å². The Kier molecular flexibility index (Phi) is 6.39. The van der Waals surface area contributed by atoms with Gasteiger partial charge in [0.2, 0.25) is 0 Å². The number of carbonyl (C=O) groups is 1. The van der Waals surface area contributed by atoms with Crippen LogP contribution in [0.2, 0.25) is 5.02 Å². The van der Waals surface area contributed by atoms with Gasteiger partial charge in [0.15, 0.2) is 9.84 Å². The van der Waals surface area contributed by atoms with Gasteiger partial charge in [0.1, 0.15) is 10.6 Å². The predicted octanol–water partition coefficient (Wildman–Crippen LogP) is 3.28. The summed E-state index contributed by atoms with van der Waals surface area (Å²) in [6.45, 7) is 2.17. The van der Waals surface area contributed by atoms with Crippen molar-refractivity contribution in [3.63, 3.8) is 0 Å². The molecule has 0 atom stereocenters. The summed E-state index contributed by atoms with van der Waals surface area (Å²) >= 11 is 5.90. The number of nitrogens with zero attached hydrogens (tertiary/aromatic N) is 1. The fourth-order valence-corrected chi connectivity index (χ4v) is 3.90. The largest absolute Gasteiger partial charge is 0.495 e. The quantitative estimate of drug-likeness (QED) is 0.682. The van der Waals surface area contributed by atoms with Crippen LogP contribution in [0.1, 0.15) is 29.3 Å². The van der Waals surface area contributed by atoms with Crippen LogP contribution in [0.15, 0.2) is 41.6 Å². The molecule has 0 saturated carbocycles. The summed E-state index contributed by atoms with van der Waals surface area (Å²) in [5, 5.41) is 0.286. The highest BCUT2D eigenvalue weighted by atomic mass is 35.5. The zero-order chi connectivity index (χ0) is 18.4. The number of ether oxygens (including phenoxy) is 2. The van der Waals surface area contributed by atoms with E-state index in [-0.39, 0.29) is 27.0 Å². The molecule has 0 aliphatic rings. The number of rotatable bonds is 7. The Balaban J connectivity index is 2.30. The van der Waals surface area contributed by atoms with Crippen molar-refractivity contribution in [2.24, 2.45) is 0 Å². The van der Waals surface area contributed by atoms with E-state index in [1.54, 1.807) is 6.07 Å². The first-order valence-corrected chi connectivity index (χ1v) is 9.57. The first kappa shape index (κ1) is 19.2. The summed E-state index contributed by atoms with van der Waals surface area (Å²) in [5.41, 5.74) is 0.576. The molecule has 2 rings (SSSR count). The Morgan fingerprint density at radius 1 is 1.24 bits per heavy atom. The number of benzene rings is 1. The van der Waals surface area contributed by atoms with Crippen molar-refractivity contribution < 1.29 is 22.7 Å². The monoisotopic (exact) mass is 383 g/mol. The number of hydrogen-bond donors (Lipinski definition) is 0. The maximum absolute atomic E-state index is 12.7. The smallest absolute Gasteiger partial charge is 0.339 e. The van der Waals surface area contributed by atoms with E-state index in [1.807, 2.05) is 6.92 Å². The number of sulfone groups is 1. The second-order valence-corrected chi connectivity index (χ2v) is 7.67. The molecule has 0 unspecified atom stereocenters. The fourth-order valence-electron chi connectivity index (χ4n) is 2.15. The van der Waals surface area contributed by atoms with E-state index in [1.165, 1.54) is 37.7 Å². The first-order chi connectivity index (χ1) is 11.9. The van der Waals surface area contributed by atoms with Gasteiger partial charge in [-0.2, -0.15) is 0 Å². The van der Waals surface area contributed by atoms with E-state index in [4.69, 9.17) is 21.1 Å². The summed E-state index contributed by atoms with van der Waals surface area (Å²) in [7, 11) is -2.36. The van der Waals surface area contributed by atoms with E-state index >= 15 is 0 Å². The van der Waals surface area contributed by atoms with Gasteiger partial charge in [-0.05, 0) is 36.2 Å². The molecule has 0 saturated heterocycles. The molecule has 0 fully saturated rings. The average Bonchev–Trinajstić information content (AvgIpc) is 2.59. The predicted molar refractivity (Wildman–Crippen MR) is 93.7 cm³/mol. The maximum Gasteiger partial charge on any atom is 0.339 e. The highest BCUT2D eigenvalue weighted by molar-refractivity contribution is 7.90. The summed E-state index contributed by atoms with van der Waals surface area (Å²) in [6, 6.07) is 5.83. The second kappa shape index (κ2) is 8.31. The number of halogens is 1. The van der Waals surface area contributed by atoms with Crippen molar-refractivity contribution in [3.8, 4) is 5.75 Å². The third kappa shape index (κ3) is 4.93. The van der Waals surface area contributed by atoms with Crippen LogP contribution < -0.4 is 4.74 Å². The molecule has 1 aromatic carbocycles. The van der Waals surface area contributed by atoms with Crippen molar-refractivity contribution in [2.45, 2.75) is 24.0 Å². The summed E-state index contributed by atoms with van der Waals surface area (Å²) < 4.78 is 35.5. The van der Waals surface area contributed by atoms with E-state index < -0.39 is 15.8 Å². The zero-order valence-corrected chi connectivity index (χ0v) is 15.4. The Labute approximate surface area is 151 Å². The zero-order valence-electron chi connectivity index (χ0n) is 13.9. The number of pyridine rings is 1. The van der Waals surface area contributed by atoms with Crippen LogP contribution in [-0.2, 0) is 20.3 Å². The third-order valence-corrected chi connectivity index (χ3v) is 5.22. The van der Waals surface area contributed by atoms with Crippen molar-refractivity contribution in [2.75, 3.05) is 13.7 Å². The molecule has 0 spiro atoms. The van der Waals surface area contributed by atoms with Gasteiger partial charge in [0.05, 0.1) is 25.0 Å². The lowest BCUT2D eigenvalue weighted by molar-refractivity contribution is 0.0504. The number of aromatic nitrogens is 1. The third-order valence-electron chi connectivity index (χ3n) is 3.29. The van der Waals surface area contributed by atoms with Crippen molar-refractivity contribution in [3.05, 3.63) is 52.8 Å². The number of methoxy groups -OCH3 is 1. The van der Waals surface area contributed by atoms with Gasteiger partial charge in [0.25, 0.3) is 0 Å². The molecular weight excluding hydrogens is 366 g/mol. The van der Waals surface area contributed by atoms with Gasteiger partial charge >= 0.3 is 5.97 Å². The molecule has 134 valence electrons. The Morgan fingerprint density at radius 2 is 2.00 bits per heavy atom. The van der Waals surface area contributed by atoms with Crippen molar-refractivity contribution in [1.29, 1.82) is 0 Å². The van der Waals surface area contributed by atoms with Gasteiger partial charge in [-0.1, -0.05) is 18.5 Å². The second-order valence-electron chi connectivity index (χ2n) is 5.27. The van der Waals surface area contributed by atoms with E-state index in [0.717, 1.165) is 0 Å². The molecule has 2 aromatic rings. The van der Waals surface area contributed by atoms with Crippen LogP contribution >= 0.6 is 11.6 Å². The molecule has 0 radical (unpaired) electrons. The minimum absolute atomic E-state index is 0.0125. The van der Waals surface area contributed by atoms with Crippen LogP contribution in [0.25, 0.3) is 0 Å². The summed E-state index contributed by atoms with van der Waals surface area (Å²) in [5.74, 6) is -0.671. The van der Waals surface area contributed by atoms with Gasteiger partial charge in [-0.25, -0.2) is 13.2 Å². The molecule has 0 bridgehead atoms. The highest BCUT2D eigenvalue weighted by Gasteiger charge is 2.22. The van der Waals surface area contributed by atoms with Crippen molar-refractivity contribution >= 4 is 27.4 Å². The van der Waals surface area contributed by atoms with Crippen LogP contribution in [0.5, 0.6) is 5.75 Å². The van der Waals surface area contributed by atoms with Crippen LogP contribution in [0.3, 0.4) is 0 Å². The van der Waals surface area contributed by atoms with E-state index in [2.05, 4.69) is 4.98 Å². The molecule has 0 N–H and O–H groups in total. The van der Waals surface area contributed by atoms with Gasteiger partial charge < -0.3 is 9.47 Å². The highest BCUT2D eigenvalue weighted by Crippen LogP contribution is 2.29. The molecule has 8 heteroatoms. The molecule has 0 aliphatic carbocycles. The summed E-state index contributed by atoms with van der Waals surface area (Å²) in [4.78, 5) is 15.8. The molecule has 25 heavy (non-hydrogen) atoms. The molecule has 0 amide bonds. The Morgan fingerprint density at radius 3 is 2.68 bits per heavy atom. The molecule has 1 heterocycles. The molecular formula is C17H18ClNO5S. The standard InChI is InChI=1S/C17H18ClNO5S/c1-3-6-24-17(20)13-7-12(9-19-10-13)11-25(21,22)16-8-14(18)4-5-15(16)23-2/h4-5,7-10H,3,6,11H2,1-2H3. The van der Waals surface area contributed by atoms with E-state index in [0.29, 0.717) is 18.6 Å². The SMILES string of the molecule is CCCOC(=O)c1cncc(CS(=O)(=O)c2cc(Cl)ccc2OC)c1. The number of esters is 1. The lowest BCUT2D eigenvalue weighted by Crippen LogP contribution is -2.10. The fraction of sp³-hybridized carbons (Fsp3) is 0.294. The Bertz CT molecular complexity index is 867. The topological polar surface area (TPSA) is 82.6 Å². The van der Waals surface area contributed by atoms with E-state index in [9.17, 15) is 13.2 Å². The molecule has 0 aliphatic heterocycles. The average molecular weight is 384 g/mol. The summed E-state index contributed by atoms with van der Waals surface area (Å²) in [6.07, 6.45) is 3.43. The molecule has 1 aromatic heterocycles. The number of carbonyl (C=O) groups excluding carboxylic acids is 1. The molecule has 6 nitrogen and oxygen atoms in total. The van der Waals surface area contributed by atoms with Crippen LogP contribution in [0, 0.1) is 0 Å². The minimum atomic E-state index is -3.74. The Hall–Kier alpha value is -2.12. The normalized spacial score (nSPS) is 11.2. The van der Waals surface area contributed by atoms with Gasteiger partial charge in [-0.3, -0.25) is 4.98 Å². The maximum atomic E-state index is 12.7.